The van der Waals surface area contributed by atoms with E-state index in [-0.39, 0.29) is 11.6 Å². The first-order chi connectivity index (χ1) is 10.2. The van der Waals surface area contributed by atoms with E-state index >= 15 is 0 Å². The zero-order valence-corrected chi connectivity index (χ0v) is 11.1. The molecular weight excluding hydrogens is 271 g/mol. The third-order valence-electron chi connectivity index (χ3n) is 3.08. The number of benzene rings is 2. The van der Waals surface area contributed by atoms with E-state index in [2.05, 4.69) is 5.16 Å². The van der Waals surface area contributed by atoms with E-state index in [1.165, 1.54) is 12.3 Å². The van der Waals surface area contributed by atoms with Gasteiger partial charge in [-0.25, -0.2) is 4.39 Å². The van der Waals surface area contributed by atoms with E-state index < -0.39 is 5.82 Å². The normalized spacial score (nSPS) is 10.5. The van der Waals surface area contributed by atoms with Gasteiger partial charge in [-0.1, -0.05) is 41.6 Å². The van der Waals surface area contributed by atoms with Crippen molar-refractivity contribution in [2.75, 3.05) is 5.73 Å². The predicted octanol–water partition coefficient (Wildman–Crippen LogP) is 3.64. The second-order valence-corrected chi connectivity index (χ2v) is 4.52. The maximum atomic E-state index is 14.1. The summed E-state index contributed by atoms with van der Waals surface area (Å²) in [5.74, 6) is -0.103. The van der Waals surface area contributed by atoms with Gasteiger partial charge < -0.3 is 15.0 Å². The van der Waals surface area contributed by atoms with Crippen LogP contribution in [-0.4, -0.2) is 5.16 Å². The van der Waals surface area contributed by atoms with Gasteiger partial charge in [0.15, 0.2) is 11.6 Å². The van der Waals surface area contributed by atoms with Gasteiger partial charge in [-0.3, -0.25) is 0 Å². The minimum absolute atomic E-state index is 0.160. The fourth-order valence-corrected chi connectivity index (χ4v) is 1.99. The van der Waals surface area contributed by atoms with Crippen LogP contribution in [0.3, 0.4) is 0 Å². The van der Waals surface area contributed by atoms with Crippen molar-refractivity contribution >= 4 is 5.88 Å². The maximum absolute atomic E-state index is 14.1. The molecule has 0 aliphatic heterocycles. The Kier molecular flexibility index (Phi) is 3.55. The van der Waals surface area contributed by atoms with E-state index in [1.807, 2.05) is 30.3 Å². The number of nitrogen functional groups attached to an aromatic ring is 1. The van der Waals surface area contributed by atoms with Crippen LogP contribution in [0.25, 0.3) is 11.1 Å². The van der Waals surface area contributed by atoms with Gasteiger partial charge in [0.25, 0.3) is 0 Å². The number of aromatic nitrogens is 1. The van der Waals surface area contributed by atoms with Crippen LogP contribution in [-0.2, 0) is 6.61 Å². The number of rotatable bonds is 4. The number of anilines is 1. The van der Waals surface area contributed by atoms with Crippen molar-refractivity contribution in [2.24, 2.45) is 0 Å². The zero-order chi connectivity index (χ0) is 14.7. The molecule has 1 aromatic heterocycles. The molecule has 0 aliphatic rings. The average Bonchev–Trinajstić information content (AvgIpc) is 2.93. The summed E-state index contributed by atoms with van der Waals surface area (Å²) >= 11 is 0. The summed E-state index contributed by atoms with van der Waals surface area (Å²) in [5, 5.41) is 3.57. The van der Waals surface area contributed by atoms with Gasteiger partial charge in [-0.2, -0.15) is 0 Å². The first-order valence-corrected chi connectivity index (χ1v) is 6.41. The molecule has 0 radical (unpaired) electrons. The molecule has 0 saturated carbocycles. The Balaban J connectivity index is 1.77. The molecule has 3 aromatic rings. The highest BCUT2D eigenvalue weighted by atomic mass is 19.1. The minimum Gasteiger partial charge on any atom is -0.486 e. The van der Waals surface area contributed by atoms with Crippen LogP contribution < -0.4 is 10.5 Å². The summed E-state index contributed by atoms with van der Waals surface area (Å²) in [6.07, 6.45) is 1.45. The topological polar surface area (TPSA) is 61.3 Å². The Hall–Kier alpha value is -2.82. The van der Waals surface area contributed by atoms with Gasteiger partial charge in [0.1, 0.15) is 6.61 Å². The van der Waals surface area contributed by atoms with Crippen molar-refractivity contribution in [1.29, 1.82) is 0 Å². The van der Waals surface area contributed by atoms with Crippen molar-refractivity contribution in [2.45, 2.75) is 6.61 Å². The van der Waals surface area contributed by atoms with E-state index in [1.54, 1.807) is 12.1 Å². The fourth-order valence-electron chi connectivity index (χ4n) is 1.99. The minimum atomic E-state index is -0.455. The smallest absolute Gasteiger partial charge is 0.229 e. The lowest BCUT2D eigenvalue weighted by Gasteiger charge is -2.08. The lowest BCUT2D eigenvalue weighted by Crippen LogP contribution is -1.97. The average molecular weight is 284 g/mol. The standard InChI is InChI=1S/C16H13FN2O2/c17-14-8-12(13-9-19-21-16(13)18)6-7-15(14)20-10-11-4-2-1-3-5-11/h1-9H,10,18H2. The lowest BCUT2D eigenvalue weighted by molar-refractivity contribution is 0.290. The van der Waals surface area contributed by atoms with Gasteiger partial charge in [-0.05, 0) is 23.3 Å². The molecule has 0 fully saturated rings. The quantitative estimate of drug-likeness (QED) is 0.794. The molecular formula is C16H13FN2O2. The van der Waals surface area contributed by atoms with Crippen molar-refractivity contribution < 1.29 is 13.7 Å². The summed E-state index contributed by atoms with van der Waals surface area (Å²) < 4.78 is 24.3. The molecule has 0 saturated heterocycles. The first-order valence-electron chi connectivity index (χ1n) is 6.41. The van der Waals surface area contributed by atoms with Gasteiger partial charge in [0.2, 0.25) is 5.88 Å². The molecule has 21 heavy (non-hydrogen) atoms. The van der Waals surface area contributed by atoms with Crippen molar-refractivity contribution in [3.63, 3.8) is 0 Å². The maximum Gasteiger partial charge on any atom is 0.229 e. The second kappa shape index (κ2) is 5.66. The summed E-state index contributed by atoms with van der Waals surface area (Å²) in [6, 6.07) is 14.2. The molecule has 2 N–H and O–H groups in total. The fraction of sp³-hybridized carbons (Fsp3) is 0.0625. The molecule has 0 amide bonds. The van der Waals surface area contributed by atoms with Crippen LogP contribution in [0.5, 0.6) is 5.75 Å². The monoisotopic (exact) mass is 284 g/mol. The molecule has 5 heteroatoms. The van der Waals surface area contributed by atoms with Gasteiger partial charge >= 0.3 is 0 Å². The van der Waals surface area contributed by atoms with Gasteiger partial charge in [0.05, 0.1) is 11.8 Å². The third-order valence-corrected chi connectivity index (χ3v) is 3.08. The highest BCUT2D eigenvalue weighted by molar-refractivity contribution is 5.72. The predicted molar refractivity (Wildman–Crippen MR) is 77.1 cm³/mol. The van der Waals surface area contributed by atoms with E-state index in [0.717, 1.165) is 5.56 Å². The molecule has 106 valence electrons. The Morgan fingerprint density at radius 2 is 1.95 bits per heavy atom. The highest BCUT2D eigenvalue weighted by Gasteiger charge is 2.11. The van der Waals surface area contributed by atoms with Gasteiger partial charge in [-0.15, -0.1) is 0 Å². The van der Waals surface area contributed by atoms with Crippen LogP contribution in [0.1, 0.15) is 5.56 Å². The van der Waals surface area contributed by atoms with Crippen molar-refractivity contribution in [3.8, 4) is 16.9 Å². The number of nitrogens with two attached hydrogens (primary N) is 1. The Bertz CT molecular complexity index is 741. The van der Waals surface area contributed by atoms with Gasteiger partial charge in [0, 0.05) is 0 Å². The van der Waals surface area contributed by atoms with E-state index in [9.17, 15) is 4.39 Å². The van der Waals surface area contributed by atoms with E-state index in [0.29, 0.717) is 17.7 Å². The molecule has 0 unspecified atom stereocenters. The molecule has 0 atom stereocenters. The summed E-state index contributed by atoms with van der Waals surface area (Å²) in [5.41, 5.74) is 7.74. The van der Waals surface area contributed by atoms with E-state index in [4.69, 9.17) is 15.0 Å². The zero-order valence-electron chi connectivity index (χ0n) is 11.1. The van der Waals surface area contributed by atoms with Crippen molar-refractivity contribution in [3.05, 3.63) is 66.1 Å². The Morgan fingerprint density at radius 1 is 1.14 bits per heavy atom. The van der Waals surface area contributed by atoms with Crippen LogP contribution in [0.2, 0.25) is 0 Å². The molecule has 3 rings (SSSR count). The third kappa shape index (κ3) is 2.86. The van der Waals surface area contributed by atoms with Crippen LogP contribution >= 0.6 is 0 Å². The Labute approximate surface area is 120 Å². The Morgan fingerprint density at radius 3 is 2.62 bits per heavy atom. The second-order valence-electron chi connectivity index (χ2n) is 4.52. The molecule has 4 nitrogen and oxygen atoms in total. The largest absolute Gasteiger partial charge is 0.486 e. The van der Waals surface area contributed by atoms with Crippen molar-refractivity contribution in [1.82, 2.24) is 5.16 Å². The number of nitrogens with zero attached hydrogens (tertiary/aromatic N) is 1. The number of halogens is 1. The number of ether oxygens (including phenoxy) is 1. The lowest BCUT2D eigenvalue weighted by atomic mass is 10.1. The SMILES string of the molecule is Nc1oncc1-c1ccc(OCc2ccccc2)c(F)c1. The molecule has 0 spiro atoms. The summed E-state index contributed by atoms with van der Waals surface area (Å²) in [4.78, 5) is 0. The van der Waals surface area contributed by atoms with Crippen LogP contribution in [0.4, 0.5) is 10.3 Å². The first kappa shape index (κ1) is 13.2. The summed E-state index contributed by atoms with van der Waals surface area (Å²) in [7, 11) is 0. The molecule has 0 bridgehead atoms. The summed E-state index contributed by atoms with van der Waals surface area (Å²) in [6.45, 7) is 0.312. The molecule has 2 aromatic carbocycles. The number of hydrogen-bond acceptors (Lipinski definition) is 4. The molecule has 0 aliphatic carbocycles. The number of hydrogen-bond donors (Lipinski definition) is 1. The molecule has 1 heterocycles. The highest BCUT2D eigenvalue weighted by Crippen LogP contribution is 2.29. The van der Waals surface area contributed by atoms with Crippen LogP contribution in [0, 0.1) is 5.82 Å². The van der Waals surface area contributed by atoms with Crippen LogP contribution in [0.15, 0.2) is 59.3 Å².